The number of ether oxygens (including phenoxy) is 1. The first-order valence-electron chi connectivity index (χ1n) is 12.7. The Bertz CT molecular complexity index is 1370. The monoisotopic (exact) mass is 531 g/mol. The molecule has 1 aliphatic heterocycles. The summed E-state index contributed by atoms with van der Waals surface area (Å²) in [6.45, 7) is 2.46. The first kappa shape index (κ1) is 25.8. The Labute approximate surface area is 226 Å². The first-order chi connectivity index (χ1) is 18.7. The van der Waals surface area contributed by atoms with Crippen LogP contribution in [0.4, 0.5) is 10.1 Å². The quantitative estimate of drug-likeness (QED) is 0.216. The molecular weight excluding hydrogens is 501 g/mol. The molecule has 5 rings (SSSR count). The van der Waals surface area contributed by atoms with E-state index < -0.39 is 0 Å². The molecule has 1 saturated heterocycles. The second kappa shape index (κ2) is 12.1. The van der Waals surface area contributed by atoms with Crippen LogP contribution in [0.15, 0.2) is 84.0 Å². The van der Waals surface area contributed by atoms with Crippen LogP contribution in [-0.2, 0) is 4.79 Å². The number of methoxy groups -OCH3 is 1. The van der Waals surface area contributed by atoms with Crippen LogP contribution < -0.4 is 9.64 Å². The molecule has 0 N–H and O–H groups in total. The number of thioether (sulfide) groups is 1. The van der Waals surface area contributed by atoms with Gasteiger partial charge in [0.1, 0.15) is 11.6 Å². The lowest BCUT2D eigenvalue weighted by Crippen LogP contribution is -2.49. The molecule has 0 radical (unpaired) electrons. The number of anilines is 1. The van der Waals surface area contributed by atoms with Crippen molar-refractivity contribution >= 4 is 23.4 Å². The summed E-state index contributed by atoms with van der Waals surface area (Å²) in [5, 5.41) is 9.73. The Balaban J connectivity index is 1.20. The highest BCUT2D eigenvalue weighted by Gasteiger charge is 2.23. The zero-order valence-corrected chi connectivity index (χ0v) is 22.1. The van der Waals surface area contributed by atoms with Gasteiger partial charge in [-0.05, 0) is 30.7 Å². The molecule has 1 aromatic heterocycles. The number of aromatic nitrogens is 3. The number of hydrogen-bond donors (Lipinski definition) is 0. The van der Waals surface area contributed by atoms with Gasteiger partial charge >= 0.3 is 0 Å². The third-order valence-electron chi connectivity index (χ3n) is 6.58. The van der Waals surface area contributed by atoms with E-state index in [0.717, 1.165) is 40.2 Å². The van der Waals surface area contributed by atoms with Crippen LogP contribution in [-0.4, -0.2) is 64.6 Å². The summed E-state index contributed by atoms with van der Waals surface area (Å²) in [5.74, 6) is 2.11. The number of carbonyl (C=O) groups excluding carboxylic acids is 1. The molecule has 7 nitrogen and oxygen atoms in total. The largest absolute Gasteiger partial charge is 0.495 e. The molecule has 0 spiro atoms. The number of hydrogen-bond acceptors (Lipinski definition) is 6. The van der Waals surface area contributed by atoms with E-state index in [0.29, 0.717) is 38.3 Å². The van der Waals surface area contributed by atoms with Gasteiger partial charge in [0.25, 0.3) is 0 Å². The lowest BCUT2D eigenvalue weighted by molar-refractivity contribution is -0.131. The summed E-state index contributed by atoms with van der Waals surface area (Å²) in [6, 6.07) is 24.5. The molecule has 0 saturated carbocycles. The molecule has 2 heterocycles. The normalized spacial score (nSPS) is 13.5. The molecule has 196 valence electrons. The Morgan fingerprint density at radius 3 is 2.32 bits per heavy atom. The SMILES string of the molecule is COc1ccccc1-n1c(SCCCC(=O)N2CCN(c3ccccc3F)CC2)nnc1-c1ccccc1. The Morgan fingerprint density at radius 2 is 1.58 bits per heavy atom. The maximum Gasteiger partial charge on any atom is 0.222 e. The zero-order valence-electron chi connectivity index (χ0n) is 21.3. The zero-order chi connectivity index (χ0) is 26.3. The van der Waals surface area contributed by atoms with Crippen molar-refractivity contribution in [1.82, 2.24) is 19.7 Å². The van der Waals surface area contributed by atoms with E-state index in [1.54, 1.807) is 31.0 Å². The van der Waals surface area contributed by atoms with Gasteiger partial charge in [-0.15, -0.1) is 10.2 Å². The van der Waals surface area contributed by atoms with E-state index in [4.69, 9.17) is 4.74 Å². The second-order valence-corrected chi connectivity index (χ2v) is 10.0. The molecule has 9 heteroatoms. The molecule has 4 aromatic rings. The third-order valence-corrected chi connectivity index (χ3v) is 7.60. The minimum atomic E-state index is -0.222. The van der Waals surface area contributed by atoms with Crippen molar-refractivity contribution in [2.45, 2.75) is 18.0 Å². The van der Waals surface area contributed by atoms with Gasteiger partial charge in [-0.2, -0.15) is 0 Å². The Morgan fingerprint density at radius 1 is 0.895 bits per heavy atom. The van der Waals surface area contributed by atoms with Crippen LogP contribution in [0.2, 0.25) is 0 Å². The maximum atomic E-state index is 14.1. The van der Waals surface area contributed by atoms with Gasteiger partial charge in [0.05, 0.1) is 18.5 Å². The molecule has 1 amide bonds. The number of benzene rings is 3. The smallest absolute Gasteiger partial charge is 0.222 e. The summed E-state index contributed by atoms with van der Waals surface area (Å²) in [4.78, 5) is 16.7. The van der Waals surface area contributed by atoms with Gasteiger partial charge in [-0.1, -0.05) is 66.4 Å². The van der Waals surface area contributed by atoms with E-state index in [2.05, 4.69) is 10.2 Å². The van der Waals surface area contributed by atoms with Crippen LogP contribution in [0, 0.1) is 5.82 Å². The minimum Gasteiger partial charge on any atom is -0.495 e. The fourth-order valence-electron chi connectivity index (χ4n) is 4.62. The lowest BCUT2D eigenvalue weighted by atomic mass is 10.2. The molecule has 38 heavy (non-hydrogen) atoms. The van der Waals surface area contributed by atoms with Gasteiger partial charge in [0, 0.05) is 43.9 Å². The van der Waals surface area contributed by atoms with Crippen LogP contribution in [0.1, 0.15) is 12.8 Å². The average molecular weight is 532 g/mol. The van der Waals surface area contributed by atoms with Crippen LogP contribution in [0.5, 0.6) is 5.75 Å². The van der Waals surface area contributed by atoms with Crippen molar-refractivity contribution in [1.29, 1.82) is 0 Å². The molecule has 0 atom stereocenters. The summed E-state index contributed by atoms with van der Waals surface area (Å²) >= 11 is 1.58. The van der Waals surface area contributed by atoms with Gasteiger partial charge < -0.3 is 14.5 Å². The number of piperazine rings is 1. The van der Waals surface area contributed by atoms with E-state index in [-0.39, 0.29) is 11.7 Å². The van der Waals surface area contributed by atoms with Crippen molar-refractivity contribution in [3.05, 3.63) is 84.7 Å². The van der Waals surface area contributed by atoms with E-state index in [1.165, 1.54) is 6.07 Å². The van der Waals surface area contributed by atoms with Crippen molar-refractivity contribution in [3.8, 4) is 22.8 Å². The van der Waals surface area contributed by atoms with E-state index >= 15 is 0 Å². The van der Waals surface area contributed by atoms with Gasteiger partial charge in [-0.3, -0.25) is 9.36 Å². The van der Waals surface area contributed by atoms with Crippen LogP contribution in [0.3, 0.4) is 0 Å². The summed E-state index contributed by atoms with van der Waals surface area (Å²) < 4.78 is 21.7. The maximum absolute atomic E-state index is 14.1. The molecule has 1 aliphatic rings. The molecular formula is C29H30FN5O2S. The van der Waals surface area contributed by atoms with Crippen LogP contribution >= 0.6 is 11.8 Å². The van der Waals surface area contributed by atoms with Crippen molar-refractivity contribution in [2.75, 3.05) is 43.9 Å². The van der Waals surface area contributed by atoms with Crippen molar-refractivity contribution < 1.29 is 13.9 Å². The highest BCUT2D eigenvalue weighted by molar-refractivity contribution is 7.99. The summed E-state index contributed by atoms with van der Waals surface area (Å²) in [7, 11) is 1.65. The standard InChI is InChI=1S/C29H30FN5O2S/c1-37-26-15-8-7-14-25(26)35-28(22-10-3-2-4-11-22)31-32-29(35)38-21-9-16-27(36)34-19-17-33(18-20-34)24-13-6-5-12-23(24)30/h2-8,10-15H,9,16-21H2,1H3. The van der Waals surface area contributed by atoms with Gasteiger partial charge in [0.2, 0.25) is 5.91 Å². The summed E-state index contributed by atoms with van der Waals surface area (Å²) in [5.41, 5.74) is 2.43. The van der Waals surface area contributed by atoms with E-state index in [1.807, 2.05) is 75.0 Å². The topological polar surface area (TPSA) is 63.5 Å². The predicted molar refractivity (Wildman–Crippen MR) is 148 cm³/mol. The Kier molecular flexibility index (Phi) is 8.23. The van der Waals surface area contributed by atoms with Gasteiger partial charge in [0.15, 0.2) is 11.0 Å². The fourth-order valence-corrected chi connectivity index (χ4v) is 5.50. The average Bonchev–Trinajstić information content (AvgIpc) is 3.39. The first-order valence-corrected chi connectivity index (χ1v) is 13.7. The molecule has 0 unspecified atom stereocenters. The van der Waals surface area contributed by atoms with Gasteiger partial charge in [-0.25, -0.2) is 4.39 Å². The number of para-hydroxylation sites is 3. The highest BCUT2D eigenvalue weighted by atomic mass is 32.2. The number of amides is 1. The molecule has 3 aromatic carbocycles. The number of rotatable bonds is 9. The minimum absolute atomic E-state index is 0.134. The number of halogens is 1. The van der Waals surface area contributed by atoms with E-state index in [9.17, 15) is 9.18 Å². The summed E-state index contributed by atoms with van der Waals surface area (Å²) in [6.07, 6.45) is 1.18. The Hall–Kier alpha value is -3.85. The predicted octanol–water partition coefficient (Wildman–Crippen LogP) is 5.30. The van der Waals surface area contributed by atoms with Crippen molar-refractivity contribution in [3.63, 3.8) is 0 Å². The molecule has 0 bridgehead atoms. The number of nitrogens with zero attached hydrogens (tertiary/aromatic N) is 5. The number of carbonyl (C=O) groups is 1. The van der Waals surface area contributed by atoms with Crippen molar-refractivity contribution in [2.24, 2.45) is 0 Å². The molecule has 0 aliphatic carbocycles. The third kappa shape index (κ3) is 5.67. The molecule has 1 fully saturated rings. The van der Waals surface area contributed by atoms with Crippen LogP contribution in [0.25, 0.3) is 17.1 Å². The second-order valence-electron chi connectivity index (χ2n) is 8.95. The fraction of sp³-hybridized carbons (Fsp3) is 0.276. The lowest BCUT2D eigenvalue weighted by Gasteiger charge is -2.36. The highest BCUT2D eigenvalue weighted by Crippen LogP contribution is 2.32.